The van der Waals surface area contributed by atoms with Crippen molar-refractivity contribution in [3.63, 3.8) is 0 Å². The molecular weight excluding hydrogens is 377 g/mol. The molecule has 4 aromatic carbocycles. The average Bonchev–Trinajstić information content (AvgIpc) is 2.78. The number of hydrogen-bond acceptors (Lipinski definition) is 5. The third kappa shape index (κ3) is 3.39. The van der Waals surface area contributed by atoms with Gasteiger partial charge in [0.05, 0.1) is 11.4 Å². The Bertz CT molecular complexity index is 1130. The van der Waals surface area contributed by atoms with E-state index in [9.17, 15) is 0 Å². The molecule has 0 bridgehead atoms. The van der Waals surface area contributed by atoms with Gasteiger partial charge < -0.3 is 24.3 Å². The number of hydrogen-bond donors (Lipinski definition) is 2. The molecular formula is C24H18BNO4. The third-order valence-corrected chi connectivity index (χ3v) is 4.99. The number of ether oxygens (including phenoxy) is 1. The van der Waals surface area contributed by atoms with Gasteiger partial charge in [0.1, 0.15) is 5.75 Å². The highest BCUT2D eigenvalue weighted by Gasteiger charge is 2.25. The summed E-state index contributed by atoms with van der Waals surface area (Å²) in [6.45, 7) is 0. The summed E-state index contributed by atoms with van der Waals surface area (Å²) in [6.07, 6.45) is 0. The van der Waals surface area contributed by atoms with Crippen LogP contribution in [0.2, 0.25) is 0 Å². The fourth-order valence-corrected chi connectivity index (χ4v) is 3.63. The number of fused-ring (bicyclic) bond motifs is 2. The van der Waals surface area contributed by atoms with E-state index >= 15 is 0 Å². The molecule has 0 saturated carbocycles. The predicted molar refractivity (Wildman–Crippen MR) is 117 cm³/mol. The van der Waals surface area contributed by atoms with Crippen LogP contribution in [0, 0.1) is 0 Å². The molecule has 0 aromatic heterocycles. The lowest BCUT2D eigenvalue weighted by Gasteiger charge is -2.32. The monoisotopic (exact) mass is 395 g/mol. The predicted octanol–water partition coefficient (Wildman–Crippen LogP) is 5.28. The maximum absolute atomic E-state index is 8.91. The van der Waals surface area contributed by atoms with Gasteiger partial charge in [-0.15, -0.1) is 0 Å². The second-order valence-corrected chi connectivity index (χ2v) is 6.89. The summed E-state index contributed by atoms with van der Waals surface area (Å²) in [6, 6.07) is 31.4. The van der Waals surface area contributed by atoms with Crippen molar-refractivity contribution in [2.75, 3.05) is 4.90 Å². The van der Waals surface area contributed by atoms with Crippen LogP contribution in [0.3, 0.4) is 0 Å². The number of rotatable bonds is 4. The Morgan fingerprint density at radius 3 is 1.67 bits per heavy atom. The van der Waals surface area contributed by atoms with Crippen molar-refractivity contribution >= 4 is 24.4 Å². The smallest absolute Gasteiger partial charge is 0.512 e. The van der Waals surface area contributed by atoms with Crippen molar-refractivity contribution in [1.29, 1.82) is 0 Å². The van der Waals surface area contributed by atoms with Crippen molar-refractivity contribution in [1.82, 2.24) is 0 Å². The van der Waals surface area contributed by atoms with Gasteiger partial charge in [0, 0.05) is 5.69 Å². The van der Waals surface area contributed by atoms with Gasteiger partial charge >= 0.3 is 7.32 Å². The zero-order valence-electron chi connectivity index (χ0n) is 16.0. The molecule has 0 atom stereocenters. The molecule has 1 aliphatic rings. The molecule has 0 fully saturated rings. The van der Waals surface area contributed by atoms with Gasteiger partial charge in [-0.25, -0.2) is 0 Å². The minimum absolute atomic E-state index is 0.395. The summed E-state index contributed by atoms with van der Waals surface area (Å²) in [5, 5.41) is 17.8. The molecule has 2 N–H and O–H groups in total. The van der Waals surface area contributed by atoms with Crippen LogP contribution in [-0.4, -0.2) is 17.4 Å². The summed E-state index contributed by atoms with van der Waals surface area (Å²) >= 11 is 0. The van der Waals surface area contributed by atoms with E-state index in [2.05, 4.69) is 29.2 Å². The Hall–Kier alpha value is -3.74. The summed E-state index contributed by atoms with van der Waals surface area (Å²) in [5.74, 6) is 2.04. The fourth-order valence-electron chi connectivity index (χ4n) is 3.63. The Balaban J connectivity index is 1.49. The normalized spacial score (nSPS) is 11.9. The first-order valence-electron chi connectivity index (χ1n) is 9.58. The summed E-state index contributed by atoms with van der Waals surface area (Å²) in [5.41, 5.74) is 5.07. The van der Waals surface area contributed by atoms with Crippen molar-refractivity contribution < 1.29 is 19.4 Å². The van der Waals surface area contributed by atoms with Crippen molar-refractivity contribution in [3.8, 4) is 28.4 Å². The van der Waals surface area contributed by atoms with E-state index in [-0.39, 0.29) is 0 Å². The van der Waals surface area contributed by atoms with Crippen molar-refractivity contribution in [2.24, 2.45) is 0 Å². The molecule has 5 nitrogen and oxygen atoms in total. The molecule has 6 heteroatoms. The first-order valence-corrected chi connectivity index (χ1v) is 9.58. The second-order valence-electron chi connectivity index (χ2n) is 6.89. The van der Waals surface area contributed by atoms with E-state index in [1.54, 1.807) is 12.1 Å². The summed E-state index contributed by atoms with van der Waals surface area (Å²) in [4.78, 5) is 2.19. The standard InChI is InChI=1S/C24H18BNO4/c27-25(28)30-20-15-11-18(12-16-20)17-9-13-19(14-10-17)26-21-5-1-3-7-23(21)29-24-8-4-2-6-22(24)26/h1-16,27-28H. The van der Waals surface area contributed by atoms with E-state index in [0.717, 1.165) is 39.7 Å². The van der Waals surface area contributed by atoms with Crippen LogP contribution in [0.1, 0.15) is 0 Å². The molecule has 0 saturated heterocycles. The van der Waals surface area contributed by atoms with Gasteiger partial charge in [0.2, 0.25) is 0 Å². The number of anilines is 3. The molecule has 5 rings (SSSR count). The molecule has 4 aromatic rings. The van der Waals surface area contributed by atoms with Gasteiger partial charge in [-0.05, 0) is 59.7 Å². The second kappa shape index (κ2) is 7.59. The van der Waals surface area contributed by atoms with Gasteiger partial charge in [-0.2, -0.15) is 0 Å². The minimum Gasteiger partial charge on any atom is -0.512 e. The van der Waals surface area contributed by atoms with E-state index in [0.29, 0.717) is 5.75 Å². The summed E-state index contributed by atoms with van der Waals surface area (Å²) in [7, 11) is -1.82. The van der Waals surface area contributed by atoms with E-state index in [1.165, 1.54) is 0 Å². The van der Waals surface area contributed by atoms with E-state index < -0.39 is 7.32 Å². The SMILES string of the molecule is OB(O)Oc1ccc(-c2ccc(N3c4ccccc4Oc4ccccc43)cc2)cc1. The Morgan fingerprint density at radius 2 is 1.13 bits per heavy atom. The Kier molecular flexibility index (Phi) is 4.63. The van der Waals surface area contributed by atoms with Crippen LogP contribution >= 0.6 is 0 Å². The molecule has 0 spiro atoms. The zero-order valence-corrected chi connectivity index (χ0v) is 16.0. The zero-order chi connectivity index (χ0) is 20.5. The first kappa shape index (κ1) is 18.3. The number of benzene rings is 4. The summed E-state index contributed by atoms with van der Waals surface area (Å²) < 4.78 is 10.9. The highest BCUT2D eigenvalue weighted by Crippen LogP contribution is 2.50. The van der Waals surface area contributed by atoms with Crippen LogP contribution < -0.4 is 14.3 Å². The Labute approximate surface area is 174 Å². The minimum atomic E-state index is -1.82. The van der Waals surface area contributed by atoms with Crippen molar-refractivity contribution in [3.05, 3.63) is 97.1 Å². The first-order chi connectivity index (χ1) is 14.7. The van der Waals surface area contributed by atoms with Crippen LogP contribution in [0.25, 0.3) is 11.1 Å². The molecule has 30 heavy (non-hydrogen) atoms. The van der Waals surface area contributed by atoms with Crippen LogP contribution in [0.5, 0.6) is 17.2 Å². The largest absolute Gasteiger partial charge is 0.707 e. The van der Waals surface area contributed by atoms with Gasteiger partial charge in [0.15, 0.2) is 11.5 Å². The fraction of sp³-hybridized carbons (Fsp3) is 0. The van der Waals surface area contributed by atoms with Gasteiger partial charge in [-0.1, -0.05) is 48.5 Å². The quantitative estimate of drug-likeness (QED) is 0.406. The maximum atomic E-state index is 8.91. The number of nitrogens with zero attached hydrogens (tertiary/aromatic N) is 1. The molecule has 0 radical (unpaired) electrons. The Morgan fingerprint density at radius 1 is 0.633 bits per heavy atom. The van der Waals surface area contributed by atoms with Gasteiger partial charge in [0.25, 0.3) is 0 Å². The van der Waals surface area contributed by atoms with Crippen LogP contribution in [0.4, 0.5) is 17.1 Å². The molecule has 1 aliphatic heterocycles. The van der Waals surface area contributed by atoms with E-state index in [4.69, 9.17) is 19.4 Å². The molecule has 0 aliphatic carbocycles. The highest BCUT2D eigenvalue weighted by molar-refractivity contribution is 6.33. The van der Waals surface area contributed by atoms with Gasteiger partial charge in [-0.3, -0.25) is 0 Å². The van der Waals surface area contributed by atoms with Crippen molar-refractivity contribution in [2.45, 2.75) is 0 Å². The topological polar surface area (TPSA) is 62.2 Å². The van der Waals surface area contributed by atoms with Crippen LogP contribution in [0.15, 0.2) is 97.1 Å². The number of para-hydroxylation sites is 4. The average molecular weight is 395 g/mol. The molecule has 0 amide bonds. The third-order valence-electron chi connectivity index (χ3n) is 4.99. The highest BCUT2D eigenvalue weighted by atomic mass is 16.6. The van der Waals surface area contributed by atoms with E-state index in [1.807, 2.05) is 60.7 Å². The lowest BCUT2D eigenvalue weighted by molar-refractivity contribution is 0.288. The molecule has 0 unspecified atom stereocenters. The maximum Gasteiger partial charge on any atom is 0.707 e. The molecule has 146 valence electrons. The van der Waals surface area contributed by atoms with Crippen LogP contribution in [-0.2, 0) is 0 Å². The lowest BCUT2D eigenvalue weighted by atomic mass is 10.0. The lowest BCUT2D eigenvalue weighted by Crippen LogP contribution is -2.20. The molecule has 1 heterocycles.